The number of ether oxygens (including phenoxy) is 1. The molecule has 0 bridgehead atoms. The molecule has 0 aromatic carbocycles. The van der Waals surface area contributed by atoms with Crippen LogP contribution in [0.2, 0.25) is 5.28 Å². The molecule has 11 heteroatoms. The van der Waals surface area contributed by atoms with Crippen molar-refractivity contribution >= 4 is 17.6 Å². The van der Waals surface area contributed by atoms with E-state index in [0.29, 0.717) is 30.2 Å². The second-order valence-electron chi connectivity index (χ2n) is 7.13. The van der Waals surface area contributed by atoms with Crippen LogP contribution in [0.3, 0.4) is 0 Å². The molecule has 0 radical (unpaired) electrons. The largest absolute Gasteiger partial charge is 0.460 e. The van der Waals surface area contributed by atoms with Crippen molar-refractivity contribution in [1.82, 2.24) is 29.8 Å². The zero-order chi connectivity index (χ0) is 23.3. The molecule has 3 aromatic rings. The minimum atomic E-state index is -2.62. The van der Waals surface area contributed by atoms with E-state index in [2.05, 4.69) is 25.3 Å². The highest BCUT2D eigenvalue weighted by Crippen LogP contribution is 2.22. The number of alkyl halides is 2. The maximum atomic E-state index is 12.9. The molecule has 3 aromatic heterocycles. The molecule has 0 aliphatic heterocycles. The predicted molar refractivity (Wildman–Crippen MR) is 114 cm³/mol. The molecule has 32 heavy (non-hydrogen) atoms. The average molecular weight is 465 g/mol. The zero-order valence-electron chi connectivity index (χ0n) is 17.8. The van der Waals surface area contributed by atoms with E-state index in [1.165, 1.54) is 6.07 Å². The van der Waals surface area contributed by atoms with Crippen molar-refractivity contribution in [2.75, 3.05) is 6.61 Å². The van der Waals surface area contributed by atoms with Gasteiger partial charge in [-0.1, -0.05) is 6.07 Å². The molecule has 0 saturated heterocycles. The van der Waals surface area contributed by atoms with Gasteiger partial charge in [-0.05, 0) is 50.1 Å². The van der Waals surface area contributed by atoms with Gasteiger partial charge < -0.3 is 14.6 Å². The third kappa shape index (κ3) is 5.83. The summed E-state index contributed by atoms with van der Waals surface area (Å²) in [6.45, 7) is 6.30. The molecule has 0 fully saturated rings. The monoisotopic (exact) mass is 464 g/mol. The molecular weight excluding hydrogens is 442 g/mol. The van der Waals surface area contributed by atoms with Gasteiger partial charge in [-0.15, -0.1) is 0 Å². The van der Waals surface area contributed by atoms with Gasteiger partial charge in [-0.3, -0.25) is 4.98 Å². The lowest BCUT2D eigenvalue weighted by Crippen LogP contribution is -2.31. The molecule has 0 aliphatic rings. The van der Waals surface area contributed by atoms with E-state index in [-0.39, 0.29) is 29.5 Å². The van der Waals surface area contributed by atoms with Gasteiger partial charge in [0, 0.05) is 31.5 Å². The number of hydrogen-bond acceptors (Lipinski definition) is 7. The summed E-state index contributed by atoms with van der Waals surface area (Å²) in [5.74, 6) is -0.433. The van der Waals surface area contributed by atoms with Gasteiger partial charge >= 0.3 is 5.97 Å². The van der Waals surface area contributed by atoms with Crippen molar-refractivity contribution in [2.24, 2.45) is 0 Å². The number of hydrogen-bond donors (Lipinski definition) is 1. The third-order valence-corrected chi connectivity index (χ3v) is 4.76. The van der Waals surface area contributed by atoms with Gasteiger partial charge in [-0.25, -0.2) is 28.5 Å². The number of nitrogens with one attached hydrogen (secondary N) is 1. The van der Waals surface area contributed by atoms with Crippen LogP contribution in [0.5, 0.6) is 0 Å². The molecule has 0 amide bonds. The maximum Gasteiger partial charge on any atom is 0.374 e. The Labute approximate surface area is 189 Å². The standard InChI is InChI=1S/C21H23ClF2N6O2/c1-4-32-20(31)19-28-16(17-12(2)8-26-21(22)29-17)11-30(19)10-13(3)25-9-14-6-5-7-15(27-14)18(23)24/h5-8,11,13,18,25H,4,9-10H2,1-3H3/t13-/m0/s1. The van der Waals surface area contributed by atoms with Crippen LogP contribution >= 0.6 is 11.6 Å². The van der Waals surface area contributed by atoms with Crippen LogP contribution < -0.4 is 5.32 Å². The van der Waals surface area contributed by atoms with Crippen LogP contribution in [-0.4, -0.2) is 43.1 Å². The number of esters is 1. The Morgan fingerprint density at radius 2 is 2.06 bits per heavy atom. The van der Waals surface area contributed by atoms with E-state index in [1.54, 1.807) is 36.0 Å². The summed E-state index contributed by atoms with van der Waals surface area (Å²) in [5.41, 5.74) is 1.97. The summed E-state index contributed by atoms with van der Waals surface area (Å²) in [5, 5.41) is 3.30. The second-order valence-corrected chi connectivity index (χ2v) is 7.47. The third-order valence-electron chi connectivity index (χ3n) is 4.57. The summed E-state index contributed by atoms with van der Waals surface area (Å²) < 4.78 is 32.5. The van der Waals surface area contributed by atoms with E-state index in [0.717, 1.165) is 5.56 Å². The molecule has 0 aliphatic carbocycles. The Kier molecular flexibility index (Phi) is 7.81. The number of pyridine rings is 1. The molecule has 0 unspecified atom stereocenters. The van der Waals surface area contributed by atoms with E-state index in [1.807, 2.05) is 13.8 Å². The fraction of sp³-hybridized carbons (Fsp3) is 0.381. The summed E-state index contributed by atoms with van der Waals surface area (Å²) >= 11 is 5.93. The van der Waals surface area contributed by atoms with Crippen LogP contribution in [0.1, 0.15) is 47.8 Å². The Morgan fingerprint density at radius 1 is 1.28 bits per heavy atom. The Balaban J connectivity index is 1.79. The van der Waals surface area contributed by atoms with Gasteiger partial charge in [0.05, 0.1) is 18.0 Å². The smallest absolute Gasteiger partial charge is 0.374 e. The van der Waals surface area contributed by atoms with E-state index >= 15 is 0 Å². The summed E-state index contributed by atoms with van der Waals surface area (Å²) in [6.07, 6.45) is 0.659. The first-order valence-corrected chi connectivity index (χ1v) is 10.4. The van der Waals surface area contributed by atoms with Crippen molar-refractivity contribution in [3.05, 3.63) is 58.7 Å². The highest BCUT2D eigenvalue weighted by atomic mass is 35.5. The lowest BCUT2D eigenvalue weighted by Gasteiger charge is -2.16. The number of aromatic nitrogens is 5. The van der Waals surface area contributed by atoms with Gasteiger partial charge in [0.1, 0.15) is 11.4 Å². The van der Waals surface area contributed by atoms with Crippen LogP contribution in [0.4, 0.5) is 8.78 Å². The minimum absolute atomic E-state index is 0.0754. The first kappa shape index (κ1) is 23.7. The number of nitrogens with zero attached hydrogens (tertiary/aromatic N) is 5. The predicted octanol–water partition coefficient (Wildman–Crippen LogP) is 3.99. The number of halogens is 3. The van der Waals surface area contributed by atoms with Crippen LogP contribution in [0.15, 0.2) is 30.6 Å². The number of carbonyl (C=O) groups is 1. The topological polar surface area (TPSA) is 94.8 Å². The molecule has 1 atom stereocenters. The summed E-state index contributed by atoms with van der Waals surface area (Å²) in [4.78, 5) is 29.0. The van der Waals surface area contributed by atoms with Crippen LogP contribution in [0.25, 0.3) is 11.4 Å². The van der Waals surface area contributed by atoms with Crippen molar-refractivity contribution in [1.29, 1.82) is 0 Å². The fourth-order valence-corrected chi connectivity index (χ4v) is 3.20. The maximum absolute atomic E-state index is 12.9. The van der Waals surface area contributed by atoms with E-state index in [9.17, 15) is 13.6 Å². The molecular formula is C21H23ClF2N6O2. The lowest BCUT2D eigenvalue weighted by molar-refractivity contribution is 0.0505. The first-order valence-electron chi connectivity index (χ1n) is 9.99. The second kappa shape index (κ2) is 10.6. The van der Waals surface area contributed by atoms with Crippen LogP contribution in [0, 0.1) is 6.92 Å². The number of carbonyl (C=O) groups excluding carboxylic acids is 1. The SMILES string of the molecule is CCOC(=O)c1nc(-c2nc(Cl)ncc2C)cn1C[C@H](C)NCc1cccc(C(F)F)n1. The van der Waals surface area contributed by atoms with Crippen molar-refractivity contribution < 1.29 is 18.3 Å². The van der Waals surface area contributed by atoms with Crippen molar-refractivity contribution in [2.45, 2.75) is 46.3 Å². The van der Waals surface area contributed by atoms with Crippen molar-refractivity contribution in [3.63, 3.8) is 0 Å². The van der Waals surface area contributed by atoms with E-state index < -0.39 is 12.4 Å². The Bertz CT molecular complexity index is 1090. The fourth-order valence-electron chi connectivity index (χ4n) is 3.06. The number of imidazole rings is 1. The molecule has 0 spiro atoms. The highest BCUT2D eigenvalue weighted by molar-refractivity contribution is 6.28. The van der Waals surface area contributed by atoms with E-state index in [4.69, 9.17) is 16.3 Å². The van der Waals surface area contributed by atoms with Gasteiger partial charge in [0.25, 0.3) is 6.43 Å². The minimum Gasteiger partial charge on any atom is -0.460 e. The average Bonchev–Trinajstić information content (AvgIpc) is 3.18. The molecule has 3 heterocycles. The quantitative estimate of drug-likeness (QED) is 0.378. The number of rotatable bonds is 9. The summed E-state index contributed by atoms with van der Waals surface area (Å²) in [6, 6.07) is 4.37. The Hall–Kier alpha value is -2.98. The van der Waals surface area contributed by atoms with Crippen LogP contribution in [-0.2, 0) is 17.8 Å². The number of aryl methyl sites for hydroxylation is 1. The Morgan fingerprint density at radius 3 is 2.78 bits per heavy atom. The molecule has 8 nitrogen and oxygen atoms in total. The zero-order valence-corrected chi connectivity index (χ0v) is 18.6. The van der Waals surface area contributed by atoms with Gasteiger partial charge in [0.15, 0.2) is 0 Å². The normalized spacial score (nSPS) is 12.2. The van der Waals surface area contributed by atoms with Crippen molar-refractivity contribution in [3.8, 4) is 11.4 Å². The molecule has 3 rings (SSSR count). The van der Waals surface area contributed by atoms with Gasteiger partial charge in [-0.2, -0.15) is 0 Å². The molecule has 1 N–H and O–H groups in total. The molecule has 0 saturated carbocycles. The highest BCUT2D eigenvalue weighted by Gasteiger charge is 2.21. The first-order chi connectivity index (χ1) is 15.3. The molecule has 170 valence electrons. The van der Waals surface area contributed by atoms with Gasteiger partial charge in [0.2, 0.25) is 11.1 Å². The summed E-state index contributed by atoms with van der Waals surface area (Å²) in [7, 11) is 0. The lowest BCUT2D eigenvalue weighted by atomic mass is 10.2.